The predicted octanol–water partition coefficient (Wildman–Crippen LogP) is 0.515. The third-order valence-electron chi connectivity index (χ3n) is 6.18. The number of nitrogens with zero attached hydrogens (tertiary/aromatic N) is 3. The van der Waals surface area contributed by atoms with Crippen LogP contribution in [0.4, 0.5) is 0 Å². The first kappa shape index (κ1) is 17.7. The molecule has 4 atom stereocenters. The summed E-state index contributed by atoms with van der Waals surface area (Å²) in [6.45, 7) is 9.24. The first-order valence-electron chi connectivity index (χ1n) is 9.55. The van der Waals surface area contributed by atoms with Gasteiger partial charge in [-0.15, -0.1) is 0 Å². The van der Waals surface area contributed by atoms with Crippen molar-refractivity contribution in [1.29, 1.82) is 0 Å². The van der Waals surface area contributed by atoms with Gasteiger partial charge >= 0.3 is 0 Å². The van der Waals surface area contributed by atoms with Crippen molar-refractivity contribution in [3.63, 3.8) is 0 Å². The van der Waals surface area contributed by atoms with Gasteiger partial charge in [0.05, 0.1) is 5.92 Å². The molecule has 3 fully saturated rings. The monoisotopic (exact) mass is 336 g/mol. The lowest BCUT2D eigenvalue weighted by molar-refractivity contribution is -0.136. The highest BCUT2D eigenvalue weighted by atomic mass is 16.2. The standard InChI is InChI=1S/C18H32N4O2/c1-3-20-6-4-5-16(20)12-21-11-15(8-17(21)23)18(24)22-10-14(9-19)7-13(22)2/h13-16H,3-12,19H2,1-2H3. The Kier molecular flexibility index (Phi) is 5.45. The second kappa shape index (κ2) is 7.40. The molecule has 3 aliphatic rings. The second-order valence-corrected chi connectivity index (χ2v) is 7.80. The minimum Gasteiger partial charge on any atom is -0.340 e. The lowest BCUT2D eigenvalue weighted by Gasteiger charge is -2.28. The van der Waals surface area contributed by atoms with Crippen LogP contribution in [0.3, 0.4) is 0 Å². The lowest BCUT2D eigenvalue weighted by atomic mass is 10.1. The molecule has 0 aromatic heterocycles. The number of hydrogen-bond donors (Lipinski definition) is 1. The number of carbonyl (C=O) groups is 2. The van der Waals surface area contributed by atoms with Crippen LogP contribution in [-0.4, -0.2) is 77.9 Å². The molecule has 0 aromatic carbocycles. The molecule has 2 amide bonds. The van der Waals surface area contributed by atoms with Gasteiger partial charge in [0.15, 0.2) is 0 Å². The lowest BCUT2D eigenvalue weighted by Crippen LogP contribution is -2.42. The Hall–Kier alpha value is -1.14. The van der Waals surface area contributed by atoms with Crippen molar-refractivity contribution in [2.24, 2.45) is 17.6 Å². The van der Waals surface area contributed by atoms with E-state index in [9.17, 15) is 9.59 Å². The zero-order chi connectivity index (χ0) is 17.3. The van der Waals surface area contributed by atoms with Gasteiger partial charge in [0.1, 0.15) is 0 Å². The SMILES string of the molecule is CCN1CCCC1CN1CC(C(=O)N2CC(CN)CC2C)CC1=O. The highest BCUT2D eigenvalue weighted by Crippen LogP contribution is 2.28. The number of rotatable bonds is 5. The van der Waals surface area contributed by atoms with Crippen molar-refractivity contribution in [1.82, 2.24) is 14.7 Å². The average Bonchev–Trinajstić information content (AvgIpc) is 3.26. The first-order valence-corrected chi connectivity index (χ1v) is 9.55. The molecule has 0 aliphatic carbocycles. The normalized spacial score (nSPS) is 34.5. The summed E-state index contributed by atoms with van der Waals surface area (Å²) in [6.07, 6.45) is 3.75. The van der Waals surface area contributed by atoms with E-state index >= 15 is 0 Å². The van der Waals surface area contributed by atoms with Gasteiger partial charge in [-0.05, 0) is 51.7 Å². The van der Waals surface area contributed by atoms with E-state index in [-0.39, 0.29) is 23.8 Å². The molecule has 0 spiro atoms. The van der Waals surface area contributed by atoms with E-state index in [0.29, 0.717) is 31.5 Å². The Morgan fingerprint density at radius 1 is 1.33 bits per heavy atom. The fraction of sp³-hybridized carbons (Fsp3) is 0.889. The molecule has 4 unspecified atom stereocenters. The Morgan fingerprint density at radius 3 is 2.79 bits per heavy atom. The molecule has 0 radical (unpaired) electrons. The Labute approximate surface area is 145 Å². The van der Waals surface area contributed by atoms with Crippen LogP contribution in [0.25, 0.3) is 0 Å². The molecular weight excluding hydrogens is 304 g/mol. The van der Waals surface area contributed by atoms with Gasteiger partial charge in [-0.25, -0.2) is 0 Å². The molecule has 6 nitrogen and oxygen atoms in total. The fourth-order valence-corrected chi connectivity index (χ4v) is 4.74. The summed E-state index contributed by atoms with van der Waals surface area (Å²) in [5.74, 6) is 0.563. The maximum absolute atomic E-state index is 12.9. The molecule has 3 rings (SSSR count). The van der Waals surface area contributed by atoms with Crippen molar-refractivity contribution in [2.75, 3.05) is 39.3 Å². The maximum atomic E-state index is 12.9. The van der Waals surface area contributed by atoms with E-state index < -0.39 is 0 Å². The van der Waals surface area contributed by atoms with E-state index in [4.69, 9.17) is 5.73 Å². The third kappa shape index (κ3) is 3.45. The second-order valence-electron chi connectivity index (χ2n) is 7.80. The predicted molar refractivity (Wildman–Crippen MR) is 93.3 cm³/mol. The van der Waals surface area contributed by atoms with Crippen molar-refractivity contribution in [3.8, 4) is 0 Å². The van der Waals surface area contributed by atoms with Gasteiger partial charge in [-0.1, -0.05) is 6.92 Å². The highest BCUT2D eigenvalue weighted by Gasteiger charge is 2.41. The molecule has 3 aliphatic heterocycles. The van der Waals surface area contributed by atoms with E-state index in [1.54, 1.807) is 0 Å². The maximum Gasteiger partial charge on any atom is 0.228 e. The molecule has 3 saturated heterocycles. The topological polar surface area (TPSA) is 69.9 Å². The van der Waals surface area contributed by atoms with Gasteiger partial charge in [-0.2, -0.15) is 0 Å². The van der Waals surface area contributed by atoms with E-state index in [2.05, 4.69) is 18.7 Å². The van der Waals surface area contributed by atoms with E-state index in [1.165, 1.54) is 6.42 Å². The summed E-state index contributed by atoms with van der Waals surface area (Å²) in [6, 6.07) is 0.723. The molecule has 136 valence electrons. The van der Waals surface area contributed by atoms with Gasteiger partial charge in [0, 0.05) is 38.1 Å². The van der Waals surface area contributed by atoms with E-state index in [1.807, 2.05) is 9.80 Å². The van der Waals surface area contributed by atoms with Crippen LogP contribution in [0.15, 0.2) is 0 Å². The minimum absolute atomic E-state index is 0.151. The minimum atomic E-state index is -0.159. The van der Waals surface area contributed by atoms with Crippen molar-refractivity contribution < 1.29 is 9.59 Å². The van der Waals surface area contributed by atoms with Crippen LogP contribution in [0, 0.1) is 11.8 Å². The summed E-state index contributed by atoms with van der Waals surface area (Å²) < 4.78 is 0. The molecule has 0 saturated carbocycles. The van der Waals surface area contributed by atoms with Crippen LogP contribution >= 0.6 is 0 Å². The van der Waals surface area contributed by atoms with Gasteiger partial charge in [-0.3, -0.25) is 14.5 Å². The molecule has 0 bridgehead atoms. The molecule has 24 heavy (non-hydrogen) atoms. The van der Waals surface area contributed by atoms with Crippen LogP contribution in [0.2, 0.25) is 0 Å². The van der Waals surface area contributed by atoms with Crippen LogP contribution in [0.1, 0.15) is 39.5 Å². The third-order valence-corrected chi connectivity index (χ3v) is 6.18. The summed E-state index contributed by atoms with van der Waals surface area (Å²) in [7, 11) is 0. The first-order chi connectivity index (χ1) is 11.5. The number of amides is 2. The summed E-state index contributed by atoms with van der Waals surface area (Å²) in [4.78, 5) is 31.6. The van der Waals surface area contributed by atoms with Crippen molar-refractivity contribution in [2.45, 2.75) is 51.6 Å². The summed E-state index contributed by atoms with van der Waals surface area (Å²) in [5.41, 5.74) is 5.77. The fourth-order valence-electron chi connectivity index (χ4n) is 4.74. The summed E-state index contributed by atoms with van der Waals surface area (Å²) in [5, 5.41) is 0. The van der Waals surface area contributed by atoms with Gasteiger partial charge in [0.25, 0.3) is 0 Å². The molecular formula is C18H32N4O2. The number of carbonyl (C=O) groups excluding carboxylic acids is 2. The molecule has 3 heterocycles. The Morgan fingerprint density at radius 2 is 2.12 bits per heavy atom. The van der Waals surface area contributed by atoms with Crippen LogP contribution < -0.4 is 5.73 Å². The number of likely N-dealkylation sites (tertiary alicyclic amines) is 3. The van der Waals surface area contributed by atoms with Crippen molar-refractivity contribution in [3.05, 3.63) is 0 Å². The van der Waals surface area contributed by atoms with E-state index in [0.717, 1.165) is 39.0 Å². The number of hydrogen-bond acceptors (Lipinski definition) is 4. The number of likely N-dealkylation sites (N-methyl/N-ethyl adjacent to an activating group) is 1. The largest absolute Gasteiger partial charge is 0.340 e. The van der Waals surface area contributed by atoms with Crippen LogP contribution in [-0.2, 0) is 9.59 Å². The zero-order valence-corrected chi connectivity index (χ0v) is 15.1. The smallest absolute Gasteiger partial charge is 0.228 e. The molecule has 2 N–H and O–H groups in total. The van der Waals surface area contributed by atoms with Crippen LogP contribution in [0.5, 0.6) is 0 Å². The molecule has 6 heteroatoms. The van der Waals surface area contributed by atoms with Gasteiger partial charge in [0.2, 0.25) is 11.8 Å². The highest BCUT2D eigenvalue weighted by molar-refractivity contribution is 5.89. The Bertz CT molecular complexity index is 484. The summed E-state index contributed by atoms with van der Waals surface area (Å²) >= 11 is 0. The average molecular weight is 336 g/mol. The number of nitrogens with two attached hydrogens (primary N) is 1. The Balaban J connectivity index is 1.57. The molecule has 0 aromatic rings. The van der Waals surface area contributed by atoms with Crippen molar-refractivity contribution >= 4 is 11.8 Å². The van der Waals surface area contributed by atoms with Gasteiger partial charge < -0.3 is 15.5 Å². The zero-order valence-electron chi connectivity index (χ0n) is 15.1. The quantitative estimate of drug-likeness (QED) is 0.794.